The number of nitrogen functional groups attached to an aromatic ring is 1. The molecule has 0 amide bonds. The maximum absolute atomic E-state index is 5.90. The van der Waals surface area contributed by atoms with Crippen LogP contribution in [-0.4, -0.2) is 0 Å². The molecule has 0 aromatic heterocycles. The minimum absolute atomic E-state index is 0.749. The Labute approximate surface area is 88.1 Å². The summed E-state index contributed by atoms with van der Waals surface area (Å²) >= 11 is 5.90. The highest BCUT2D eigenvalue weighted by Crippen LogP contribution is 2.23. The van der Waals surface area contributed by atoms with E-state index in [0.717, 1.165) is 21.8 Å². The van der Waals surface area contributed by atoms with Gasteiger partial charge in [-0.2, -0.15) is 0 Å². The zero-order valence-corrected chi connectivity index (χ0v) is 8.33. The van der Waals surface area contributed by atoms with Crippen LogP contribution in [0.3, 0.4) is 0 Å². The van der Waals surface area contributed by atoms with Crippen molar-refractivity contribution in [3.63, 3.8) is 0 Å². The van der Waals surface area contributed by atoms with Gasteiger partial charge in [0.2, 0.25) is 0 Å². The van der Waals surface area contributed by atoms with Gasteiger partial charge in [-0.15, -0.1) is 0 Å². The van der Waals surface area contributed by atoms with Gasteiger partial charge in [0.05, 0.1) is 0 Å². The standard InChI is InChI=1S/C12H10ClN/c13-11-3-1-2-10(8-11)9-4-6-12(14)7-5-9/h1-8H,14H2. The zero-order chi connectivity index (χ0) is 9.97. The number of benzene rings is 2. The Morgan fingerprint density at radius 3 is 2.21 bits per heavy atom. The summed E-state index contributed by atoms with van der Waals surface area (Å²) in [6, 6.07) is 15.5. The van der Waals surface area contributed by atoms with Crippen molar-refractivity contribution in [2.45, 2.75) is 0 Å². The van der Waals surface area contributed by atoms with Crippen LogP contribution in [0.15, 0.2) is 48.5 Å². The largest absolute Gasteiger partial charge is 0.399 e. The van der Waals surface area contributed by atoms with Gasteiger partial charge in [-0.25, -0.2) is 0 Å². The summed E-state index contributed by atoms with van der Waals surface area (Å²) in [7, 11) is 0. The molecule has 0 atom stereocenters. The van der Waals surface area contributed by atoms with Crippen molar-refractivity contribution in [1.29, 1.82) is 0 Å². The van der Waals surface area contributed by atoms with Gasteiger partial charge in [0.1, 0.15) is 0 Å². The summed E-state index contributed by atoms with van der Waals surface area (Å²) in [6.45, 7) is 0. The number of hydrogen-bond acceptors (Lipinski definition) is 1. The van der Waals surface area contributed by atoms with Gasteiger partial charge in [-0.05, 0) is 35.4 Å². The molecule has 0 radical (unpaired) electrons. The Bertz CT molecular complexity index is 434. The first-order chi connectivity index (χ1) is 6.75. The Morgan fingerprint density at radius 1 is 0.857 bits per heavy atom. The average Bonchev–Trinajstić information content (AvgIpc) is 2.19. The second-order valence-electron chi connectivity index (χ2n) is 3.13. The van der Waals surface area contributed by atoms with Crippen LogP contribution in [0.25, 0.3) is 11.1 Å². The second kappa shape index (κ2) is 3.72. The van der Waals surface area contributed by atoms with Crippen molar-refractivity contribution in [3.05, 3.63) is 53.6 Å². The van der Waals surface area contributed by atoms with Gasteiger partial charge in [0, 0.05) is 10.7 Å². The van der Waals surface area contributed by atoms with E-state index < -0.39 is 0 Å². The number of nitrogens with two attached hydrogens (primary N) is 1. The molecule has 0 saturated heterocycles. The van der Waals surface area contributed by atoms with E-state index in [2.05, 4.69) is 0 Å². The molecule has 2 aromatic carbocycles. The molecule has 0 bridgehead atoms. The predicted octanol–water partition coefficient (Wildman–Crippen LogP) is 3.59. The topological polar surface area (TPSA) is 26.0 Å². The van der Waals surface area contributed by atoms with E-state index in [0.29, 0.717) is 0 Å². The molecule has 0 spiro atoms. The van der Waals surface area contributed by atoms with Crippen molar-refractivity contribution in [3.8, 4) is 11.1 Å². The molecule has 0 unspecified atom stereocenters. The molecule has 0 aliphatic heterocycles. The minimum Gasteiger partial charge on any atom is -0.399 e. The zero-order valence-electron chi connectivity index (χ0n) is 7.57. The molecule has 0 aliphatic rings. The molecule has 0 fully saturated rings. The highest BCUT2D eigenvalue weighted by atomic mass is 35.5. The van der Waals surface area contributed by atoms with Crippen LogP contribution in [0.2, 0.25) is 5.02 Å². The molecule has 2 aromatic rings. The number of anilines is 1. The maximum atomic E-state index is 5.90. The van der Waals surface area contributed by atoms with Gasteiger partial charge in [-0.1, -0.05) is 35.9 Å². The van der Waals surface area contributed by atoms with Crippen molar-refractivity contribution in [2.75, 3.05) is 5.73 Å². The summed E-state index contributed by atoms with van der Waals surface area (Å²) in [6.07, 6.45) is 0. The smallest absolute Gasteiger partial charge is 0.0412 e. The van der Waals surface area contributed by atoms with Gasteiger partial charge < -0.3 is 5.73 Å². The molecule has 1 nitrogen and oxygen atoms in total. The first-order valence-electron chi connectivity index (χ1n) is 4.37. The number of hydrogen-bond donors (Lipinski definition) is 1. The van der Waals surface area contributed by atoms with E-state index >= 15 is 0 Å². The van der Waals surface area contributed by atoms with Crippen molar-refractivity contribution in [1.82, 2.24) is 0 Å². The Hall–Kier alpha value is -1.47. The number of rotatable bonds is 1. The Morgan fingerprint density at radius 2 is 1.57 bits per heavy atom. The molecule has 0 aliphatic carbocycles. The molecule has 0 heterocycles. The molecular formula is C12H10ClN. The molecule has 0 saturated carbocycles. The van der Waals surface area contributed by atoms with E-state index in [-0.39, 0.29) is 0 Å². The van der Waals surface area contributed by atoms with Crippen LogP contribution in [0.5, 0.6) is 0 Å². The van der Waals surface area contributed by atoms with E-state index in [1.165, 1.54) is 0 Å². The fraction of sp³-hybridized carbons (Fsp3) is 0. The maximum Gasteiger partial charge on any atom is 0.0412 e. The molecule has 2 N–H and O–H groups in total. The lowest BCUT2D eigenvalue weighted by Gasteiger charge is -2.02. The fourth-order valence-electron chi connectivity index (χ4n) is 1.34. The highest BCUT2D eigenvalue weighted by molar-refractivity contribution is 6.30. The van der Waals surface area contributed by atoms with Crippen LogP contribution >= 0.6 is 11.6 Å². The molecule has 70 valence electrons. The van der Waals surface area contributed by atoms with Crippen LogP contribution in [-0.2, 0) is 0 Å². The van der Waals surface area contributed by atoms with Crippen LogP contribution in [0.1, 0.15) is 0 Å². The molecule has 2 heteroatoms. The molecular weight excluding hydrogens is 194 g/mol. The summed E-state index contributed by atoms with van der Waals surface area (Å²) in [4.78, 5) is 0. The fourth-order valence-corrected chi connectivity index (χ4v) is 1.53. The molecule has 2 rings (SSSR count). The first-order valence-corrected chi connectivity index (χ1v) is 4.75. The SMILES string of the molecule is Nc1ccc(-c2cccc(Cl)c2)cc1. The predicted molar refractivity (Wildman–Crippen MR) is 61.3 cm³/mol. The van der Waals surface area contributed by atoms with Gasteiger partial charge in [0.15, 0.2) is 0 Å². The van der Waals surface area contributed by atoms with Crippen molar-refractivity contribution in [2.24, 2.45) is 0 Å². The van der Waals surface area contributed by atoms with Crippen molar-refractivity contribution >= 4 is 17.3 Å². The lowest BCUT2D eigenvalue weighted by atomic mass is 10.1. The third kappa shape index (κ3) is 1.88. The third-order valence-corrected chi connectivity index (χ3v) is 2.30. The quantitative estimate of drug-likeness (QED) is 0.705. The first kappa shape index (κ1) is 9.10. The summed E-state index contributed by atoms with van der Waals surface area (Å²) < 4.78 is 0. The number of halogens is 1. The van der Waals surface area contributed by atoms with Crippen LogP contribution in [0, 0.1) is 0 Å². The highest BCUT2D eigenvalue weighted by Gasteiger charge is 1.97. The van der Waals surface area contributed by atoms with Gasteiger partial charge in [0.25, 0.3) is 0 Å². The summed E-state index contributed by atoms with van der Waals surface area (Å²) in [5, 5.41) is 0.749. The van der Waals surface area contributed by atoms with E-state index in [4.69, 9.17) is 17.3 Å². The lowest BCUT2D eigenvalue weighted by Crippen LogP contribution is -1.83. The monoisotopic (exact) mass is 203 g/mol. The van der Waals surface area contributed by atoms with Crippen LogP contribution in [0.4, 0.5) is 5.69 Å². The van der Waals surface area contributed by atoms with E-state index in [1.54, 1.807) is 0 Å². The van der Waals surface area contributed by atoms with Crippen LogP contribution < -0.4 is 5.73 Å². The molecule has 14 heavy (non-hydrogen) atoms. The minimum atomic E-state index is 0.749. The Kier molecular flexibility index (Phi) is 2.42. The van der Waals surface area contributed by atoms with E-state index in [1.807, 2.05) is 48.5 Å². The summed E-state index contributed by atoms with van der Waals surface area (Å²) in [5.41, 5.74) is 8.62. The van der Waals surface area contributed by atoms with E-state index in [9.17, 15) is 0 Å². The van der Waals surface area contributed by atoms with Gasteiger partial charge >= 0.3 is 0 Å². The van der Waals surface area contributed by atoms with Crippen molar-refractivity contribution < 1.29 is 0 Å². The average molecular weight is 204 g/mol. The third-order valence-electron chi connectivity index (χ3n) is 2.07. The Balaban J connectivity index is 2.44. The normalized spacial score (nSPS) is 10.1. The lowest BCUT2D eigenvalue weighted by molar-refractivity contribution is 1.61. The second-order valence-corrected chi connectivity index (χ2v) is 3.57. The summed E-state index contributed by atoms with van der Waals surface area (Å²) in [5.74, 6) is 0. The van der Waals surface area contributed by atoms with Gasteiger partial charge in [-0.3, -0.25) is 0 Å².